The average Bonchev–Trinajstić information content (AvgIpc) is 2.69. The van der Waals surface area contributed by atoms with Crippen LogP contribution < -0.4 is 11.3 Å². The van der Waals surface area contributed by atoms with Crippen molar-refractivity contribution >= 4 is 23.3 Å². The second-order valence-corrected chi connectivity index (χ2v) is 4.42. The van der Waals surface area contributed by atoms with Crippen LogP contribution in [0.25, 0.3) is 0 Å². The number of rotatable bonds is 2. The van der Waals surface area contributed by atoms with Crippen molar-refractivity contribution in [2.24, 2.45) is 5.84 Å². The zero-order valence-corrected chi connectivity index (χ0v) is 10.1. The van der Waals surface area contributed by atoms with E-state index in [2.05, 4.69) is 10.4 Å². The molecular weight excluding hydrogens is 260 g/mol. The zero-order valence-electron chi connectivity index (χ0n) is 9.38. The summed E-state index contributed by atoms with van der Waals surface area (Å²) in [5.41, 5.74) is 2.35. The number of anilines is 1. The number of pyridine rings is 1. The van der Waals surface area contributed by atoms with Gasteiger partial charge in [-0.1, -0.05) is 11.6 Å². The minimum absolute atomic E-state index is 0.0356. The molecule has 8 heteroatoms. The molecule has 0 aliphatic carbocycles. The number of β-amino-alcohol motifs (C(OH)–C–C–N with tert-alkyl or cyclic N) is 2. The quantitative estimate of drug-likeness (QED) is 0.414. The Labute approximate surface area is 108 Å². The van der Waals surface area contributed by atoms with Crippen molar-refractivity contribution < 1.29 is 15.0 Å². The van der Waals surface area contributed by atoms with Gasteiger partial charge in [0.2, 0.25) is 0 Å². The maximum absolute atomic E-state index is 12.1. The smallest absolute Gasteiger partial charge is 0.274 e. The van der Waals surface area contributed by atoms with Gasteiger partial charge in [-0.25, -0.2) is 10.8 Å². The Bertz CT molecular complexity index is 460. The van der Waals surface area contributed by atoms with Gasteiger partial charge in [-0.05, 0) is 12.1 Å². The highest BCUT2D eigenvalue weighted by molar-refractivity contribution is 6.33. The fraction of sp³-hybridized carbons (Fsp3) is 0.400. The lowest BCUT2D eigenvalue weighted by Crippen LogP contribution is -2.31. The summed E-state index contributed by atoms with van der Waals surface area (Å²) in [6.07, 6.45) is -1.88. The van der Waals surface area contributed by atoms with Crippen LogP contribution in [0, 0.1) is 0 Å². The van der Waals surface area contributed by atoms with Gasteiger partial charge < -0.3 is 20.5 Å². The van der Waals surface area contributed by atoms with E-state index in [9.17, 15) is 15.0 Å². The molecule has 7 nitrogen and oxygen atoms in total. The number of hydrogen-bond donors (Lipinski definition) is 4. The molecule has 1 fully saturated rings. The second-order valence-electron chi connectivity index (χ2n) is 4.02. The van der Waals surface area contributed by atoms with E-state index in [0.29, 0.717) is 5.82 Å². The number of halogens is 1. The number of nitrogens with one attached hydrogen (secondary N) is 1. The van der Waals surface area contributed by atoms with Crippen LogP contribution in [0.1, 0.15) is 10.5 Å². The van der Waals surface area contributed by atoms with Crippen LogP contribution in [0.3, 0.4) is 0 Å². The second kappa shape index (κ2) is 5.07. The van der Waals surface area contributed by atoms with E-state index in [-0.39, 0.29) is 23.8 Å². The van der Waals surface area contributed by atoms with Crippen molar-refractivity contribution in [1.29, 1.82) is 0 Å². The standard InChI is InChI=1S/C10H13ClN4O3/c11-5-1-2-8(14-12)13-9(5)10(18)15-3-6(16)7(17)4-15/h1-2,6-7,16-17H,3-4,12H2,(H,13,14). The van der Waals surface area contributed by atoms with E-state index in [4.69, 9.17) is 17.4 Å². The largest absolute Gasteiger partial charge is 0.388 e. The number of nitrogen functional groups attached to an aromatic ring is 1. The number of aromatic nitrogens is 1. The first-order chi connectivity index (χ1) is 8.52. The molecule has 2 atom stereocenters. The molecule has 1 aliphatic heterocycles. The first-order valence-electron chi connectivity index (χ1n) is 5.31. The third-order valence-electron chi connectivity index (χ3n) is 2.74. The fourth-order valence-electron chi connectivity index (χ4n) is 1.76. The Morgan fingerprint density at radius 1 is 1.44 bits per heavy atom. The van der Waals surface area contributed by atoms with Gasteiger partial charge in [-0.3, -0.25) is 4.79 Å². The molecule has 0 saturated carbocycles. The lowest BCUT2D eigenvalue weighted by atomic mass is 10.3. The molecule has 1 aliphatic rings. The van der Waals surface area contributed by atoms with E-state index < -0.39 is 18.1 Å². The minimum Gasteiger partial charge on any atom is -0.388 e. The van der Waals surface area contributed by atoms with Crippen molar-refractivity contribution in [3.8, 4) is 0 Å². The summed E-state index contributed by atoms with van der Waals surface area (Å²) < 4.78 is 0. The number of hydrazine groups is 1. The molecule has 0 aromatic carbocycles. The summed E-state index contributed by atoms with van der Waals surface area (Å²) in [6.45, 7) is 0.108. The number of aliphatic hydroxyl groups excluding tert-OH is 2. The highest BCUT2D eigenvalue weighted by Crippen LogP contribution is 2.20. The molecule has 1 amide bonds. The molecule has 1 saturated heterocycles. The zero-order chi connectivity index (χ0) is 13.3. The number of likely N-dealkylation sites (tertiary alicyclic amines) is 1. The van der Waals surface area contributed by atoms with E-state index in [1.165, 1.54) is 17.0 Å². The number of hydrogen-bond acceptors (Lipinski definition) is 6. The molecule has 1 aromatic heterocycles. The predicted octanol–water partition coefficient (Wildman–Crippen LogP) is -0.802. The van der Waals surface area contributed by atoms with Crippen molar-refractivity contribution in [2.75, 3.05) is 18.5 Å². The first-order valence-corrected chi connectivity index (χ1v) is 5.69. The normalized spacial score (nSPS) is 23.2. The van der Waals surface area contributed by atoms with Gasteiger partial charge in [0.15, 0.2) is 0 Å². The topological polar surface area (TPSA) is 112 Å². The Kier molecular flexibility index (Phi) is 3.67. The van der Waals surface area contributed by atoms with Gasteiger partial charge in [-0.15, -0.1) is 0 Å². The van der Waals surface area contributed by atoms with E-state index in [1.807, 2.05) is 0 Å². The number of nitrogens with zero attached hydrogens (tertiary/aromatic N) is 2. The molecule has 2 rings (SSSR count). The molecule has 2 unspecified atom stereocenters. The number of aliphatic hydroxyl groups is 2. The maximum Gasteiger partial charge on any atom is 0.274 e. The average molecular weight is 273 g/mol. The Morgan fingerprint density at radius 2 is 2.06 bits per heavy atom. The molecule has 1 aromatic rings. The van der Waals surface area contributed by atoms with Gasteiger partial charge in [-0.2, -0.15) is 0 Å². The Morgan fingerprint density at radius 3 is 2.61 bits per heavy atom. The number of carbonyl (C=O) groups is 1. The summed E-state index contributed by atoms with van der Waals surface area (Å²) in [5.74, 6) is 5.06. The lowest BCUT2D eigenvalue weighted by Gasteiger charge is -2.15. The molecular formula is C10H13ClN4O3. The van der Waals surface area contributed by atoms with Crippen LogP contribution in [0.5, 0.6) is 0 Å². The third kappa shape index (κ3) is 2.39. The van der Waals surface area contributed by atoms with Crippen molar-refractivity contribution in [1.82, 2.24) is 9.88 Å². The van der Waals surface area contributed by atoms with Crippen molar-refractivity contribution in [2.45, 2.75) is 12.2 Å². The lowest BCUT2D eigenvalue weighted by molar-refractivity contribution is 0.0572. The van der Waals surface area contributed by atoms with Crippen LogP contribution >= 0.6 is 11.6 Å². The Hall–Kier alpha value is -1.41. The van der Waals surface area contributed by atoms with Gasteiger partial charge in [0.05, 0.1) is 17.2 Å². The summed E-state index contributed by atoms with van der Waals surface area (Å²) in [4.78, 5) is 17.4. The van der Waals surface area contributed by atoms with Gasteiger partial charge in [0, 0.05) is 13.1 Å². The van der Waals surface area contributed by atoms with E-state index >= 15 is 0 Å². The molecule has 2 heterocycles. The van der Waals surface area contributed by atoms with Crippen molar-refractivity contribution in [3.63, 3.8) is 0 Å². The molecule has 0 bridgehead atoms. The summed E-state index contributed by atoms with van der Waals surface area (Å²) in [6, 6.07) is 3.03. The van der Waals surface area contributed by atoms with E-state index in [1.54, 1.807) is 0 Å². The fourth-order valence-corrected chi connectivity index (χ4v) is 1.94. The SMILES string of the molecule is NNc1ccc(Cl)c(C(=O)N2CC(O)C(O)C2)n1. The first kappa shape index (κ1) is 13.0. The van der Waals surface area contributed by atoms with Gasteiger partial charge >= 0.3 is 0 Å². The number of carbonyl (C=O) groups excluding carboxylic acids is 1. The van der Waals surface area contributed by atoms with Crippen LogP contribution in [-0.4, -0.2) is 51.3 Å². The summed E-state index contributed by atoms with van der Waals surface area (Å²) in [5, 5.41) is 19.0. The Balaban J connectivity index is 2.23. The highest BCUT2D eigenvalue weighted by Gasteiger charge is 2.34. The van der Waals surface area contributed by atoms with Crippen molar-refractivity contribution in [3.05, 3.63) is 22.8 Å². The van der Waals surface area contributed by atoms with Crippen LogP contribution in [0.2, 0.25) is 5.02 Å². The summed E-state index contributed by atoms with van der Waals surface area (Å²) in [7, 11) is 0. The van der Waals surface area contributed by atoms with E-state index in [0.717, 1.165) is 0 Å². The molecule has 0 radical (unpaired) electrons. The number of amides is 1. The monoisotopic (exact) mass is 272 g/mol. The molecule has 0 spiro atoms. The molecule has 5 N–H and O–H groups in total. The van der Waals surface area contributed by atoms with Crippen LogP contribution in [0.4, 0.5) is 5.82 Å². The predicted molar refractivity (Wildman–Crippen MR) is 65.0 cm³/mol. The molecule has 98 valence electrons. The highest BCUT2D eigenvalue weighted by atomic mass is 35.5. The van der Waals surface area contributed by atoms with Crippen LogP contribution in [0.15, 0.2) is 12.1 Å². The van der Waals surface area contributed by atoms with Gasteiger partial charge in [0.25, 0.3) is 5.91 Å². The van der Waals surface area contributed by atoms with Crippen LogP contribution in [-0.2, 0) is 0 Å². The molecule has 18 heavy (non-hydrogen) atoms. The van der Waals surface area contributed by atoms with Gasteiger partial charge in [0.1, 0.15) is 11.5 Å². The minimum atomic E-state index is -0.941. The maximum atomic E-state index is 12.1. The third-order valence-corrected chi connectivity index (χ3v) is 3.05. The number of nitrogens with two attached hydrogens (primary N) is 1. The summed E-state index contributed by atoms with van der Waals surface area (Å²) >= 11 is 5.90.